The standard InChI is InChI=1S/C13H11N3O/c1-2-7-16-11(8-15-13(16)5-1)10-17-12-4-3-6-14-9-12/h1-9H,10H2. The average molecular weight is 225 g/mol. The third-order valence-electron chi connectivity index (χ3n) is 2.51. The first kappa shape index (κ1) is 9.84. The second-order valence-electron chi connectivity index (χ2n) is 3.66. The lowest BCUT2D eigenvalue weighted by Gasteiger charge is -2.04. The molecule has 17 heavy (non-hydrogen) atoms. The SMILES string of the molecule is c1cncc(OCc2cnc3ccccn23)c1. The van der Waals surface area contributed by atoms with Crippen molar-refractivity contribution in [2.75, 3.05) is 0 Å². The Balaban J connectivity index is 1.82. The molecular weight excluding hydrogens is 214 g/mol. The molecule has 3 aromatic rings. The quantitative estimate of drug-likeness (QED) is 0.686. The van der Waals surface area contributed by atoms with Crippen LogP contribution in [0.15, 0.2) is 55.1 Å². The highest BCUT2D eigenvalue weighted by atomic mass is 16.5. The maximum Gasteiger partial charge on any atom is 0.138 e. The van der Waals surface area contributed by atoms with Crippen LogP contribution in [0, 0.1) is 0 Å². The van der Waals surface area contributed by atoms with Crippen molar-refractivity contribution in [2.24, 2.45) is 0 Å². The zero-order valence-electron chi connectivity index (χ0n) is 9.15. The van der Waals surface area contributed by atoms with Crippen molar-refractivity contribution in [1.29, 1.82) is 0 Å². The van der Waals surface area contributed by atoms with Gasteiger partial charge in [-0.05, 0) is 24.3 Å². The number of pyridine rings is 2. The van der Waals surface area contributed by atoms with Crippen LogP contribution in [0.4, 0.5) is 0 Å². The van der Waals surface area contributed by atoms with Crippen molar-refractivity contribution in [3.05, 3.63) is 60.8 Å². The van der Waals surface area contributed by atoms with Gasteiger partial charge < -0.3 is 9.14 Å². The number of nitrogens with zero attached hydrogens (tertiary/aromatic N) is 3. The van der Waals surface area contributed by atoms with Crippen LogP contribution in [0.5, 0.6) is 5.75 Å². The Morgan fingerprint density at radius 2 is 2.12 bits per heavy atom. The van der Waals surface area contributed by atoms with Gasteiger partial charge in [-0.25, -0.2) is 4.98 Å². The van der Waals surface area contributed by atoms with E-state index in [0.717, 1.165) is 17.1 Å². The molecule has 0 unspecified atom stereocenters. The monoisotopic (exact) mass is 225 g/mol. The van der Waals surface area contributed by atoms with E-state index in [4.69, 9.17) is 4.74 Å². The molecule has 0 saturated carbocycles. The summed E-state index contributed by atoms with van der Waals surface area (Å²) in [7, 11) is 0. The molecule has 0 spiro atoms. The van der Waals surface area contributed by atoms with Crippen LogP contribution in [0.1, 0.15) is 5.69 Å². The summed E-state index contributed by atoms with van der Waals surface area (Å²) in [5.74, 6) is 0.762. The summed E-state index contributed by atoms with van der Waals surface area (Å²) in [5, 5.41) is 0. The molecule has 3 heterocycles. The van der Waals surface area contributed by atoms with Gasteiger partial charge in [0.05, 0.1) is 18.1 Å². The molecule has 0 radical (unpaired) electrons. The molecule has 0 fully saturated rings. The van der Waals surface area contributed by atoms with Gasteiger partial charge in [0.2, 0.25) is 0 Å². The van der Waals surface area contributed by atoms with Gasteiger partial charge in [0.25, 0.3) is 0 Å². The molecule has 0 aliphatic rings. The fraction of sp³-hybridized carbons (Fsp3) is 0.0769. The highest BCUT2D eigenvalue weighted by Crippen LogP contribution is 2.11. The number of ether oxygens (including phenoxy) is 1. The molecule has 84 valence electrons. The minimum absolute atomic E-state index is 0.483. The van der Waals surface area contributed by atoms with Crippen LogP contribution in [-0.4, -0.2) is 14.4 Å². The Morgan fingerprint density at radius 1 is 1.12 bits per heavy atom. The lowest BCUT2D eigenvalue weighted by atomic mass is 10.4. The predicted molar refractivity (Wildman–Crippen MR) is 63.8 cm³/mol. The fourth-order valence-electron chi connectivity index (χ4n) is 1.68. The Bertz CT molecular complexity index is 619. The summed E-state index contributed by atoms with van der Waals surface area (Å²) in [6.07, 6.45) is 7.22. The van der Waals surface area contributed by atoms with Crippen molar-refractivity contribution in [1.82, 2.24) is 14.4 Å². The van der Waals surface area contributed by atoms with Crippen molar-refractivity contribution < 1.29 is 4.74 Å². The zero-order valence-corrected chi connectivity index (χ0v) is 9.15. The molecular formula is C13H11N3O. The molecule has 0 aliphatic carbocycles. The summed E-state index contributed by atoms with van der Waals surface area (Å²) in [6, 6.07) is 9.64. The average Bonchev–Trinajstić information content (AvgIpc) is 2.81. The minimum Gasteiger partial charge on any atom is -0.486 e. The van der Waals surface area contributed by atoms with Gasteiger partial charge in [0, 0.05) is 12.4 Å². The number of fused-ring (bicyclic) bond motifs is 1. The van der Waals surface area contributed by atoms with Gasteiger partial charge in [0.1, 0.15) is 18.0 Å². The fourth-order valence-corrected chi connectivity index (χ4v) is 1.68. The highest BCUT2D eigenvalue weighted by molar-refractivity contribution is 5.39. The van der Waals surface area contributed by atoms with Crippen molar-refractivity contribution in [2.45, 2.75) is 6.61 Å². The Labute approximate surface area is 98.5 Å². The van der Waals surface area contributed by atoms with Crippen LogP contribution in [0.3, 0.4) is 0 Å². The van der Waals surface area contributed by atoms with Crippen LogP contribution in [0.2, 0.25) is 0 Å². The molecule has 3 rings (SSSR count). The van der Waals surface area contributed by atoms with E-state index < -0.39 is 0 Å². The lowest BCUT2D eigenvalue weighted by molar-refractivity contribution is 0.299. The van der Waals surface area contributed by atoms with Gasteiger partial charge in [-0.3, -0.25) is 4.98 Å². The van der Waals surface area contributed by atoms with E-state index in [-0.39, 0.29) is 0 Å². The third-order valence-corrected chi connectivity index (χ3v) is 2.51. The van der Waals surface area contributed by atoms with Crippen molar-refractivity contribution >= 4 is 5.65 Å². The van der Waals surface area contributed by atoms with Crippen LogP contribution < -0.4 is 4.74 Å². The maximum absolute atomic E-state index is 5.64. The van der Waals surface area contributed by atoms with Crippen molar-refractivity contribution in [3.63, 3.8) is 0 Å². The molecule has 0 aliphatic heterocycles. The third kappa shape index (κ3) is 1.97. The summed E-state index contributed by atoms with van der Waals surface area (Å²) >= 11 is 0. The van der Waals surface area contributed by atoms with Gasteiger partial charge >= 0.3 is 0 Å². The van der Waals surface area contributed by atoms with Crippen LogP contribution in [0.25, 0.3) is 5.65 Å². The van der Waals surface area contributed by atoms with Crippen LogP contribution in [-0.2, 0) is 6.61 Å². The van der Waals surface area contributed by atoms with E-state index in [2.05, 4.69) is 9.97 Å². The predicted octanol–water partition coefficient (Wildman–Crippen LogP) is 2.31. The van der Waals surface area contributed by atoms with E-state index in [1.165, 1.54) is 0 Å². The van der Waals surface area contributed by atoms with Crippen LogP contribution >= 0.6 is 0 Å². The normalized spacial score (nSPS) is 10.6. The minimum atomic E-state index is 0.483. The first-order chi connectivity index (χ1) is 8.43. The second kappa shape index (κ2) is 4.25. The van der Waals surface area contributed by atoms with E-state index in [9.17, 15) is 0 Å². The topological polar surface area (TPSA) is 39.4 Å². The van der Waals surface area contributed by atoms with Gasteiger partial charge in [-0.1, -0.05) is 6.07 Å². The number of imidazole rings is 1. The smallest absolute Gasteiger partial charge is 0.138 e. The summed E-state index contributed by atoms with van der Waals surface area (Å²) < 4.78 is 7.65. The number of hydrogen-bond acceptors (Lipinski definition) is 3. The second-order valence-corrected chi connectivity index (χ2v) is 3.66. The molecule has 0 saturated heterocycles. The highest BCUT2D eigenvalue weighted by Gasteiger charge is 2.02. The molecule has 4 heteroatoms. The van der Waals surface area contributed by atoms with Gasteiger partial charge in [-0.2, -0.15) is 0 Å². The number of hydrogen-bond donors (Lipinski definition) is 0. The van der Waals surface area contributed by atoms with Crippen molar-refractivity contribution in [3.8, 4) is 5.75 Å². The van der Waals surface area contributed by atoms with Gasteiger partial charge in [-0.15, -0.1) is 0 Å². The number of aromatic nitrogens is 3. The first-order valence-electron chi connectivity index (χ1n) is 5.37. The summed E-state index contributed by atoms with van der Waals surface area (Å²) in [5.41, 5.74) is 1.95. The Morgan fingerprint density at radius 3 is 3.00 bits per heavy atom. The van der Waals surface area contributed by atoms with E-state index in [0.29, 0.717) is 6.61 Å². The van der Waals surface area contributed by atoms with E-state index >= 15 is 0 Å². The molecule has 0 atom stereocenters. The zero-order chi connectivity index (χ0) is 11.5. The number of rotatable bonds is 3. The molecule has 0 amide bonds. The maximum atomic E-state index is 5.64. The largest absolute Gasteiger partial charge is 0.486 e. The Kier molecular flexibility index (Phi) is 2.46. The summed E-state index contributed by atoms with van der Waals surface area (Å²) in [6.45, 7) is 0.483. The molecule has 0 bridgehead atoms. The molecule has 0 aromatic carbocycles. The molecule has 0 N–H and O–H groups in total. The Hall–Kier alpha value is -2.36. The summed E-state index contributed by atoms with van der Waals surface area (Å²) in [4.78, 5) is 8.30. The molecule has 4 nitrogen and oxygen atoms in total. The van der Waals surface area contributed by atoms with E-state index in [1.54, 1.807) is 12.4 Å². The van der Waals surface area contributed by atoms with Gasteiger partial charge in [0.15, 0.2) is 0 Å². The van der Waals surface area contributed by atoms with E-state index in [1.807, 2.05) is 47.1 Å². The lowest BCUT2D eigenvalue weighted by Crippen LogP contribution is -1.99. The molecule has 3 aromatic heterocycles. The first-order valence-corrected chi connectivity index (χ1v) is 5.37.